The maximum atomic E-state index is 13.2. The van der Waals surface area contributed by atoms with Gasteiger partial charge in [0.25, 0.3) is 5.69 Å². The number of hydrogen-bond donors (Lipinski definition) is 1. The minimum Gasteiger partial charge on any atom is -0.379 e. The molecule has 0 saturated carbocycles. The van der Waals surface area contributed by atoms with Crippen LogP contribution in [0.1, 0.15) is 18.9 Å². The van der Waals surface area contributed by atoms with Gasteiger partial charge in [0.2, 0.25) is 11.8 Å². The van der Waals surface area contributed by atoms with Gasteiger partial charge < -0.3 is 5.32 Å². The van der Waals surface area contributed by atoms with E-state index in [-0.39, 0.29) is 41.1 Å². The first-order valence-electron chi connectivity index (χ1n) is 8.50. The van der Waals surface area contributed by atoms with Crippen LogP contribution in [-0.2, 0) is 16.0 Å². The lowest BCUT2D eigenvalue weighted by molar-refractivity contribution is -0.383. The molecular formula is C19H18FN3O4. The number of anilines is 2. The fourth-order valence-corrected chi connectivity index (χ4v) is 3.05. The van der Waals surface area contributed by atoms with Crippen molar-refractivity contribution in [1.82, 2.24) is 0 Å². The summed E-state index contributed by atoms with van der Waals surface area (Å²) >= 11 is 0. The van der Waals surface area contributed by atoms with E-state index in [1.165, 1.54) is 30.3 Å². The van der Waals surface area contributed by atoms with Gasteiger partial charge in [0, 0.05) is 24.9 Å². The highest BCUT2D eigenvalue weighted by atomic mass is 19.1. The van der Waals surface area contributed by atoms with Gasteiger partial charge >= 0.3 is 0 Å². The van der Waals surface area contributed by atoms with Gasteiger partial charge in [0.1, 0.15) is 11.5 Å². The molecule has 0 aromatic heterocycles. The van der Waals surface area contributed by atoms with Gasteiger partial charge in [-0.3, -0.25) is 24.6 Å². The number of halogens is 1. The largest absolute Gasteiger partial charge is 0.379 e. The molecule has 140 valence electrons. The van der Waals surface area contributed by atoms with Crippen LogP contribution in [-0.4, -0.2) is 23.3 Å². The van der Waals surface area contributed by atoms with Crippen molar-refractivity contribution >= 4 is 28.9 Å². The first-order chi connectivity index (χ1) is 12.9. The topological polar surface area (TPSA) is 92.6 Å². The average molecular weight is 371 g/mol. The maximum absolute atomic E-state index is 13.2. The van der Waals surface area contributed by atoms with Crippen LogP contribution in [0.3, 0.4) is 0 Å². The van der Waals surface area contributed by atoms with Crippen molar-refractivity contribution in [2.75, 3.05) is 16.8 Å². The van der Waals surface area contributed by atoms with Crippen LogP contribution >= 0.6 is 0 Å². The molecule has 1 heterocycles. The first-order valence-corrected chi connectivity index (χ1v) is 8.50. The first kappa shape index (κ1) is 18.5. The second-order valence-corrected chi connectivity index (χ2v) is 6.44. The van der Waals surface area contributed by atoms with Gasteiger partial charge in [0.15, 0.2) is 0 Å². The van der Waals surface area contributed by atoms with Crippen LogP contribution in [0, 0.1) is 21.8 Å². The summed E-state index contributed by atoms with van der Waals surface area (Å²) in [5, 5.41) is 14.4. The smallest absolute Gasteiger partial charge is 0.294 e. The van der Waals surface area contributed by atoms with E-state index in [4.69, 9.17) is 0 Å². The summed E-state index contributed by atoms with van der Waals surface area (Å²) in [5.41, 5.74) is 1.000. The van der Waals surface area contributed by atoms with Gasteiger partial charge in [-0.05, 0) is 36.2 Å². The summed E-state index contributed by atoms with van der Waals surface area (Å²) in [6, 6.07) is 10.3. The predicted molar refractivity (Wildman–Crippen MR) is 98.0 cm³/mol. The van der Waals surface area contributed by atoms with Crippen LogP contribution in [0.2, 0.25) is 0 Å². The number of rotatable bonds is 6. The molecule has 0 spiro atoms. The predicted octanol–water partition coefficient (Wildman–Crippen LogP) is 3.29. The van der Waals surface area contributed by atoms with Gasteiger partial charge in [0.05, 0.1) is 10.6 Å². The molecule has 1 saturated heterocycles. The zero-order valence-corrected chi connectivity index (χ0v) is 14.6. The molecule has 1 atom stereocenters. The zero-order chi connectivity index (χ0) is 19.6. The Balaban J connectivity index is 1.77. The van der Waals surface area contributed by atoms with Crippen molar-refractivity contribution in [3.63, 3.8) is 0 Å². The summed E-state index contributed by atoms with van der Waals surface area (Å²) in [4.78, 5) is 36.0. The van der Waals surface area contributed by atoms with Crippen LogP contribution in [0.25, 0.3) is 0 Å². The molecule has 2 aromatic carbocycles. The Morgan fingerprint density at radius 1 is 1.26 bits per heavy atom. The van der Waals surface area contributed by atoms with E-state index < -0.39 is 10.8 Å². The zero-order valence-electron chi connectivity index (χ0n) is 14.6. The van der Waals surface area contributed by atoms with E-state index in [1.54, 1.807) is 19.1 Å². The van der Waals surface area contributed by atoms with Crippen molar-refractivity contribution < 1.29 is 18.9 Å². The van der Waals surface area contributed by atoms with Gasteiger partial charge in [-0.1, -0.05) is 19.1 Å². The fraction of sp³-hybridized carbons (Fsp3) is 0.263. The van der Waals surface area contributed by atoms with E-state index in [9.17, 15) is 24.1 Å². The second kappa shape index (κ2) is 7.53. The summed E-state index contributed by atoms with van der Waals surface area (Å²) in [6.45, 7) is 2.01. The highest BCUT2D eigenvalue weighted by Gasteiger charge is 2.37. The molecule has 0 radical (unpaired) electrons. The lowest BCUT2D eigenvalue weighted by Gasteiger charge is -2.15. The monoisotopic (exact) mass is 371 g/mol. The van der Waals surface area contributed by atoms with Crippen LogP contribution in [0.4, 0.5) is 21.5 Å². The van der Waals surface area contributed by atoms with Gasteiger partial charge in [-0.15, -0.1) is 0 Å². The normalized spacial score (nSPS) is 16.7. The summed E-state index contributed by atoms with van der Waals surface area (Å²) < 4.78 is 13.2. The number of nitrogens with one attached hydrogen (secondary N) is 1. The molecule has 1 aliphatic heterocycles. The summed E-state index contributed by atoms with van der Waals surface area (Å²) in [6.07, 6.45) is 0.581. The Morgan fingerprint density at radius 3 is 2.67 bits per heavy atom. The SMILES string of the molecule is CC1CC(=O)N(c2ccc(NCCc3cccc(F)c3)c([N+](=O)[O-])c2)C1=O. The molecule has 1 unspecified atom stereocenters. The number of nitro benzene ring substituents is 1. The third kappa shape index (κ3) is 3.94. The standard InChI is InChI=1S/C19H18FN3O4/c1-12-9-18(24)22(19(12)25)15-5-6-16(17(11-15)23(26)27)21-8-7-13-3-2-4-14(20)10-13/h2-6,10-12,21H,7-9H2,1H3. The van der Waals surface area contributed by atoms with E-state index in [0.29, 0.717) is 13.0 Å². The molecule has 1 aliphatic rings. The number of nitro groups is 1. The molecular weight excluding hydrogens is 353 g/mol. The molecule has 0 aliphatic carbocycles. The number of benzene rings is 2. The lowest BCUT2D eigenvalue weighted by Crippen LogP contribution is -2.30. The number of imide groups is 1. The second-order valence-electron chi connectivity index (χ2n) is 6.44. The van der Waals surface area contributed by atoms with E-state index in [2.05, 4.69) is 5.32 Å². The van der Waals surface area contributed by atoms with Crippen molar-refractivity contribution in [2.45, 2.75) is 19.8 Å². The fourth-order valence-electron chi connectivity index (χ4n) is 3.05. The quantitative estimate of drug-likeness (QED) is 0.478. The number of hydrogen-bond acceptors (Lipinski definition) is 5. The van der Waals surface area contributed by atoms with Crippen molar-refractivity contribution in [3.8, 4) is 0 Å². The van der Waals surface area contributed by atoms with Crippen LogP contribution in [0.15, 0.2) is 42.5 Å². The van der Waals surface area contributed by atoms with Gasteiger partial charge in [-0.25, -0.2) is 4.39 Å². The molecule has 0 bridgehead atoms. The molecule has 1 N–H and O–H groups in total. The highest BCUT2D eigenvalue weighted by molar-refractivity contribution is 6.21. The molecule has 2 amide bonds. The number of carbonyl (C=O) groups is 2. The van der Waals surface area contributed by atoms with Crippen molar-refractivity contribution in [2.24, 2.45) is 5.92 Å². The average Bonchev–Trinajstić information content (AvgIpc) is 2.87. The lowest BCUT2D eigenvalue weighted by atomic mass is 10.1. The van der Waals surface area contributed by atoms with E-state index in [0.717, 1.165) is 10.5 Å². The number of amides is 2. The van der Waals surface area contributed by atoms with Crippen molar-refractivity contribution in [3.05, 3.63) is 64.0 Å². The molecule has 3 rings (SSSR count). The van der Waals surface area contributed by atoms with E-state index in [1.807, 2.05) is 0 Å². The molecule has 1 fully saturated rings. The number of carbonyl (C=O) groups excluding carboxylic acids is 2. The highest BCUT2D eigenvalue weighted by Crippen LogP contribution is 2.33. The Labute approximate surface area is 154 Å². The summed E-state index contributed by atoms with van der Waals surface area (Å²) in [5.74, 6) is -1.49. The Kier molecular flexibility index (Phi) is 5.16. The molecule has 2 aromatic rings. The third-order valence-corrected chi connectivity index (χ3v) is 4.43. The van der Waals surface area contributed by atoms with Crippen LogP contribution < -0.4 is 10.2 Å². The minimum atomic E-state index is -0.567. The molecule has 27 heavy (non-hydrogen) atoms. The molecule has 7 nitrogen and oxygen atoms in total. The van der Waals surface area contributed by atoms with Gasteiger partial charge in [-0.2, -0.15) is 0 Å². The number of nitrogens with zero attached hydrogens (tertiary/aromatic N) is 2. The Bertz CT molecular complexity index is 916. The van der Waals surface area contributed by atoms with Crippen LogP contribution in [0.5, 0.6) is 0 Å². The van der Waals surface area contributed by atoms with E-state index >= 15 is 0 Å². The Morgan fingerprint density at radius 2 is 2.04 bits per heavy atom. The Hall–Kier alpha value is -3.29. The molecule has 8 heteroatoms. The third-order valence-electron chi connectivity index (χ3n) is 4.43. The summed E-state index contributed by atoms with van der Waals surface area (Å²) in [7, 11) is 0. The minimum absolute atomic E-state index is 0.0975. The van der Waals surface area contributed by atoms with Crippen molar-refractivity contribution in [1.29, 1.82) is 0 Å². The maximum Gasteiger partial charge on any atom is 0.294 e.